The van der Waals surface area contributed by atoms with Crippen molar-refractivity contribution in [3.63, 3.8) is 0 Å². The van der Waals surface area contributed by atoms with E-state index < -0.39 is 0 Å². The summed E-state index contributed by atoms with van der Waals surface area (Å²) in [6.45, 7) is 0.439. The summed E-state index contributed by atoms with van der Waals surface area (Å²) >= 11 is 5.77. The quantitative estimate of drug-likeness (QED) is 0.859. The number of halogens is 1. The van der Waals surface area contributed by atoms with Crippen LogP contribution in [0.2, 0.25) is 5.02 Å². The molecule has 82 valence electrons. The standard InChI is InChI=1S/C11H10ClN3O/c12-9-3-1-8(2-4-9)6-15-7-10(13)5-14-11(15)16/h1-5,7H,6,13H2. The van der Waals surface area contributed by atoms with Crippen LogP contribution < -0.4 is 11.4 Å². The number of nitrogen functional groups attached to an aromatic ring is 1. The molecule has 0 saturated heterocycles. The smallest absolute Gasteiger partial charge is 0.347 e. The highest BCUT2D eigenvalue weighted by molar-refractivity contribution is 6.30. The summed E-state index contributed by atoms with van der Waals surface area (Å²) in [7, 11) is 0. The summed E-state index contributed by atoms with van der Waals surface area (Å²) in [4.78, 5) is 15.1. The minimum atomic E-state index is -0.316. The summed E-state index contributed by atoms with van der Waals surface area (Å²) in [6, 6.07) is 7.28. The normalized spacial score (nSPS) is 10.3. The number of nitrogens with zero attached hydrogens (tertiary/aromatic N) is 2. The molecule has 0 unspecified atom stereocenters. The molecule has 0 atom stereocenters. The van der Waals surface area contributed by atoms with Gasteiger partial charge >= 0.3 is 5.69 Å². The van der Waals surface area contributed by atoms with Gasteiger partial charge in [0.15, 0.2) is 0 Å². The summed E-state index contributed by atoms with van der Waals surface area (Å²) in [6.07, 6.45) is 2.92. The molecule has 5 heteroatoms. The molecular formula is C11H10ClN3O. The maximum absolute atomic E-state index is 11.4. The molecule has 0 saturated carbocycles. The fourth-order valence-corrected chi connectivity index (χ4v) is 1.50. The van der Waals surface area contributed by atoms with E-state index in [1.54, 1.807) is 18.3 Å². The lowest BCUT2D eigenvalue weighted by molar-refractivity contribution is 0.729. The molecule has 0 aliphatic rings. The van der Waals surface area contributed by atoms with Gasteiger partial charge in [0.05, 0.1) is 18.4 Å². The second kappa shape index (κ2) is 4.37. The predicted octanol–water partition coefficient (Wildman–Crippen LogP) is 1.53. The third kappa shape index (κ3) is 2.41. The van der Waals surface area contributed by atoms with Crippen LogP contribution in [0, 0.1) is 0 Å². The number of rotatable bonds is 2. The molecular weight excluding hydrogens is 226 g/mol. The monoisotopic (exact) mass is 235 g/mol. The lowest BCUT2D eigenvalue weighted by Crippen LogP contribution is -2.23. The zero-order valence-corrected chi connectivity index (χ0v) is 9.19. The highest BCUT2D eigenvalue weighted by atomic mass is 35.5. The molecule has 0 fully saturated rings. The lowest BCUT2D eigenvalue weighted by Gasteiger charge is -2.05. The number of hydrogen-bond acceptors (Lipinski definition) is 3. The van der Waals surface area contributed by atoms with Gasteiger partial charge in [-0.1, -0.05) is 23.7 Å². The van der Waals surface area contributed by atoms with E-state index in [1.165, 1.54) is 10.8 Å². The van der Waals surface area contributed by atoms with Gasteiger partial charge in [-0.3, -0.25) is 4.57 Å². The van der Waals surface area contributed by atoms with Gasteiger partial charge < -0.3 is 5.73 Å². The molecule has 1 heterocycles. The average molecular weight is 236 g/mol. The second-order valence-corrected chi connectivity index (χ2v) is 3.86. The van der Waals surface area contributed by atoms with Gasteiger partial charge in [0.25, 0.3) is 0 Å². The molecule has 16 heavy (non-hydrogen) atoms. The third-order valence-electron chi connectivity index (χ3n) is 2.14. The molecule has 0 aliphatic heterocycles. The number of anilines is 1. The van der Waals surface area contributed by atoms with E-state index in [4.69, 9.17) is 17.3 Å². The SMILES string of the molecule is Nc1cnc(=O)n(Cc2ccc(Cl)cc2)c1. The van der Waals surface area contributed by atoms with Crippen molar-refractivity contribution in [3.8, 4) is 0 Å². The first-order chi connectivity index (χ1) is 7.65. The predicted molar refractivity (Wildman–Crippen MR) is 63.5 cm³/mol. The minimum absolute atomic E-state index is 0.316. The molecule has 0 spiro atoms. The Morgan fingerprint density at radius 2 is 2.00 bits per heavy atom. The van der Waals surface area contributed by atoms with Crippen molar-refractivity contribution in [1.29, 1.82) is 0 Å². The van der Waals surface area contributed by atoms with Gasteiger partial charge in [-0.2, -0.15) is 4.98 Å². The van der Waals surface area contributed by atoms with Gasteiger partial charge in [0.2, 0.25) is 0 Å². The molecule has 1 aromatic carbocycles. The topological polar surface area (TPSA) is 60.9 Å². The molecule has 0 amide bonds. The third-order valence-corrected chi connectivity index (χ3v) is 2.39. The Bertz CT molecular complexity index is 548. The first-order valence-electron chi connectivity index (χ1n) is 4.71. The highest BCUT2D eigenvalue weighted by Crippen LogP contribution is 2.10. The van der Waals surface area contributed by atoms with Crippen molar-refractivity contribution in [3.05, 3.63) is 57.7 Å². The molecule has 2 N–H and O–H groups in total. The van der Waals surface area contributed by atoms with Crippen LogP contribution in [0.15, 0.2) is 41.5 Å². The van der Waals surface area contributed by atoms with Gasteiger partial charge in [-0.25, -0.2) is 4.79 Å². The molecule has 0 radical (unpaired) electrons. The van der Waals surface area contributed by atoms with E-state index in [2.05, 4.69) is 4.98 Å². The Morgan fingerprint density at radius 1 is 1.31 bits per heavy atom. The fraction of sp³-hybridized carbons (Fsp3) is 0.0909. The molecule has 0 aliphatic carbocycles. The second-order valence-electron chi connectivity index (χ2n) is 3.42. The molecule has 2 aromatic rings. The van der Waals surface area contributed by atoms with Crippen LogP contribution in [0.1, 0.15) is 5.56 Å². The van der Waals surface area contributed by atoms with Crippen LogP contribution in [0.4, 0.5) is 5.69 Å². The van der Waals surface area contributed by atoms with E-state index in [9.17, 15) is 4.79 Å². The Balaban J connectivity index is 2.30. The Hall–Kier alpha value is -1.81. The van der Waals surface area contributed by atoms with Crippen LogP contribution in [0.3, 0.4) is 0 Å². The fourth-order valence-electron chi connectivity index (χ4n) is 1.37. The molecule has 2 rings (SSSR count). The number of hydrogen-bond donors (Lipinski definition) is 1. The largest absolute Gasteiger partial charge is 0.396 e. The Morgan fingerprint density at radius 3 is 2.69 bits per heavy atom. The maximum Gasteiger partial charge on any atom is 0.347 e. The van der Waals surface area contributed by atoms with Crippen molar-refractivity contribution in [2.75, 3.05) is 5.73 Å². The van der Waals surface area contributed by atoms with Crippen LogP contribution >= 0.6 is 11.6 Å². The van der Waals surface area contributed by atoms with Crippen molar-refractivity contribution in [1.82, 2.24) is 9.55 Å². The van der Waals surface area contributed by atoms with Crippen LogP contribution in [0.25, 0.3) is 0 Å². The van der Waals surface area contributed by atoms with Gasteiger partial charge in [0.1, 0.15) is 0 Å². The number of benzene rings is 1. The lowest BCUT2D eigenvalue weighted by atomic mass is 10.2. The molecule has 1 aromatic heterocycles. The van der Waals surface area contributed by atoms with Crippen molar-refractivity contribution in [2.45, 2.75) is 6.54 Å². The summed E-state index contributed by atoms with van der Waals surface area (Å²) in [5, 5.41) is 0.668. The molecule has 4 nitrogen and oxygen atoms in total. The van der Waals surface area contributed by atoms with Crippen molar-refractivity contribution < 1.29 is 0 Å². The van der Waals surface area contributed by atoms with Crippen LogP contribution in [0.5, 0.6) is 0 Å². The summed E-state index contributed by atoms with van der Waals surface area (Å²) in [5.41, 5.74) is 6.68. The molecule has 0 bridgehead atoms. The minimum Gasteiger partial charge on any atom is -0.396 e. The van der Waals surface area contributed by atoms with Gasteiger partial charge in [-0.05, 0) is 17.7 Å². The Labute approximate surface area is 97.3 Å². The van der Waals surface area contributed by atoms with E-state index in [0.717, 1.165) is 5.56 Å². The van der Waals surface area contributed by atoms with E-state index >= 15 is 0 Å². The van der Waals surface area contributed by atoms with Crippen molar-refractivity contribution in [2.24, 2.45) is 0 Å². The van der Waals surface area contributed by atoms with E-state index in [0.29, 0.717) is 17.3 Å². The van der Waals surface area contributed by atoms with Crippen LogP contribution in [-0.2, 0) is 6.54 Å². The van der Waals surface area contributed by atoms with E-state index in [1.807, 2.05) is 12.1 Å². The van der Waals surface area contributed by atoms with Gasteiger partial charge in [-0.15, -0.1) is 0 Å². The number of nitrogens with two attached hydrogens (primary N) is 1. The van der Waals surface area contributed by atoms with Gasteiger partial charge in [0, 0.05) is 11.2 Å². The average Bonchev–Trinajstić information content (AvgIpc) is 2.27. The van der Waals surface area contributed by atoms with Crippen molar-refractivity contribution >= 4 is 17.3 Å². The highest BCUT2D eigenvalue weighted by Gasteiger charge is 1.99. The summed E-state index contributed by atoms with van der Waals surface area (Å²) in [5.74, 6) is 0. The van der Waals surface area contributed by atoms with E-state index in [-0.39, 0.29) is 5.69 Å². The zero-order chi connectivity index (χ0) is 11.5. The summed E-state index contributed by atoms with van der Waals surface area (Å²) < 4.78 is 1.46. The van der Waals surface area contributed by atoms with Crippen LogP contribution in [-0.4, -0.2) is 9.55 Å². The number of aromatic nitrogens is 2. The zero-order valence-electron chi connectivity index (χ0n) is 8.43. The first-order valence-corrected chi connectivity index (χ1v) is 5.09. The first kappa shape index (κ1) is 10.7. The maximum atomic E-state index is 11.4. The Kier molecular flexibility index (Phi) is 2.92.